The van der Waals surface area contributed by atoms with Crippen molar-refractivity contribution >= 4 is 21.7 Å². The molecular formula is C15H14NO4S-. The molecule has 2 rings (SSSR count). The van der Waals surface area contributed by atoms with E-state index in [9.17, 15) is 18.3 Å². The fraction of sp³-hybridized carbons (Fsp3) is 0.133. The maximum Gasteiger partial charge on any atom is 0.264 e. The summed E-state index contributed by atoms with van der Waals surface area (Å²) in [5, 5.41) is 11.1. The number of aromatic carboxylic acids is 1. The summed E-state index contributed by atoms with van der Waals surface area (Å²) < 4.78 is 26.0. The molecule has 0 aliphatic rings. The normalized spacial score (nSPS) is 11.1. The topological polar surface area (TPSA) is 77.5 Å². The Morgan fingerprint density at radius 1 is 1.05 bits per heavy atom. The highest BCUT2D eigenvalue weighted by atomic mass is 32.2. The van der Waals surface area contributed by atoms with Crippen LogP contribution < -0.4 is 9.41 Å². The van der Waals surface area contributed by atoms with Gasteiger partial charge >= 0.3 is 0 Å². The van der Waals surface area contributed by atoms with Gasteiger partial charge in [-0.1, -0.05) is 35.9 Å². The van der Waals surface area contributed by atoms with E-state index in [1.807, 2.05) is 6.92 Å². The summed E-state index contributed by atoms with van der Waals surface area (Å²) in [6.07, 6.45) is 0. The predicted octanol–water partition coefficient (Wildman–Crippen LogP) is 1.18. The van der Waals surface area contributed by atoms with E-state index >= 15 is 0 Å². The molecule has 0 saturated heterocycles. The van der Waals surface area contributed by atoms with E-state index in [4.69, 9.17) is 0 Å². The van der Waals surface area contributed by atoms with Crippen molar-refractivity contribution in [1.29, 1.82) is 0 Å². The van der Waals surface area contributed by atoms with Crippen LogP contribution >= 0.6 is 0 Å². The number of anilines is 1. The summed E-state index contributed by atoms with van der Waals surface area (Å²) in [6.45, 7) is 1.85. The number of carbonyl (C=O) groups excluding carboxylic acids is 1. The Hall–Kier alpha value is -2.34. The van der Waals surface area contributed by atoms with Gasteiger partial charge in [0.1, 0.15) is 0 Å². The third-order valence-corrected chi connectivity index (χ3v) is 4.93. The lowest BCUT2D eigenvalue weighted by Crippen LogP contribution is -2.31. The van der Waals surface area contributed by atoms with Gasteiger partial charge < -0.3 is 9.90 Å². The average Bonchev–Trinajstić information content (AvgIpc) is 2.46. The second-order valence-corrected chi connectivity index (χ2v) is 6.56. The predicted molar refractivity (Wildman–Crippen MR) is 77.5 cm³/mol. The van der Waals surface area contributed by atoms with E-state index in [2.05, 4.69) is 0 Å². The van der Waals surface area contributed by atoms with Crippen LogP contribution in [0.2, 0.25) is 0 Å². The molecule has 0 radical (unpaired) electrons. The van der Waals surface area contributed by atoms with Crippen molar-refractivity contribution in [2.75, 3.05) is 11.4 Å². The van der Waals surface area contributed by atoms with Crippen LogP contribution in [-0.2, 0) is 10.0 Å². The van der Waals surface area contributed by atoms with Crippen LogP contribution in [0.1, 0.15) is 15.9 Å². The van der Waals surface area contributed by atoms with Crippen molar-refractivity contribution in [3.8, 4) is 0 Å². The van der Waals surface area contributed by atoms with E-state index in [0.29, 0.717) is 0 Å². The summed E-state index contributed by atoms with van der Waals surface area (Å²) in [5.41, 5.74) is 0.834. The molecule has 110 valence electrons. The SMILES string of the molecule is Cc1ccc(S(=O)(=O)N(C)c2ccccc2C(=O)[O-])cc1. The third kappa shape index (κ3) is 2.90. The Labute approximate surface area is 123 Å². The summed E-state index contributed by atoms with van der Waals surface area (Å²) in [7, 11) is -2.51. The molecule has 0 N–H and O–H groups in total. The fourth-order valence-electron chi connectivity index (χ4n) is 1.92. The first-order valence-corrected chi connectivity index (χ1v) is 7.64. The number of para-hydroxylation sites is 1. The number of hydrogen-bond acceptors (Lipinski definition) is 4. The van der Waals surface area contributed by atoms with Crippen molar-refractivity contribution in [1.82, 2.24) is 0 Å². The standard InChI is InChI=1S/C15H15NO4S/c1-11-7-9-12(10-8-11)21(19,20)16(2)14-6-4-3-5-13(14)15(17)18/h3-10H,1-2H3,(H,17,18)/p-1. The van der Waals surface area contributed by atoms with Crippen LogP contribution in [0.4, 0.5) is 5.69 Å². The second-order valence-electron chi connectivity index (χ2n) is 4.59. The smallest absolute Gasteiger partial charge is 0.264 e. The highest BCUT2D eigenvalue weighted by Crippen LogP contribution is 2.25. The maximum atomic E-state index is 12.5. The Kier molecular flexibility index (Phi) is 3.99. The van der Waals surface area contributed by atoms with Crippen LogP contribution in [0, 0.1) is 6.92 Å². The molecular weight excluding hydrogens is 290 g/mol. The Balaban J connectivity index is 2.51. The first kappa shape index (κ1) is 15.1. The molecule has 0 saturated carbocycles. The molecule has 2 aromatic rings. The zero-order chi connectivity index (χ0) is 15.6. The van der Waals surface area contributed by atoms with Crippen molar-refractivity contribution in [3.05, 3.63) is 59.7 Å². The highest BCUT2D eigenvalue weighted by molar-refractivity contribution is 7.92. The van der Waals surface area contributed by atoms with E-state index in [1.54, 1.807) is 18.2 Å². The highest BCUT2D eigenvalue weighted by Gasteiger charge is 2.23. The number of benzene rings is 2. The molecule has 0 aliphatic carbocycles. The van der Waals surface area contributed by atoms with Crippen LogP contribution in [-0.4, -0.2) is 21.4 Å². The van der Waals surface area contributed by atoms with Crippen LogP contribution in [0.15, 0.2) is 53.4 Å². The Morgan fingerprint density at radius 2 is 1.62 bits per heavy atom. The van der Waals surface area contributed by atoms with Gasteiger partial charge in [0, 0.05) is 12.6 Å². The lowest BCUT2D eigenvalue weighted by Gasteiger charge is -2.22. The lowest BCUT2D eigenvalue weighted by molar-refractivity contribution is -0.254. The molecule has 0 heterocycles. The summed E-state index contributed by atoms with van der Waals surface area (Å²) >= 11 is 0. The molecule has 0 spiro atoms. The van der Waals surface area contributed by atoms with Crippen molar-refractivity contribution in [2.24, 2.45) is 0 Å². The van der Waals surface area contributed by atoms with Gasteiger partial charge in [-0.25, -0.2) is 8.42 Å². The van der Waals surface area contributed by atoms with Gasteiger partial charge in [0.25, 0.3) is 10.0 Å². The molecule has 0 atom stereocenters. The number of nitrogens with zero attached hydrogens (tertiary/aromatic N) is 1. The monoisotopic (exact) mass is 304 g/mol. The van der Waals surface area contributed by atoms with Crippen LogP contribution in [0.5, 0.6) is 0 Å². The number of sulfonamides is 1. The van der Waals surface area contributed by atoms with Gasteiger partial charge in [-0.15, -0.1) is 0 Å². The first-order valence-electron chi connectivity index (χ1n) is 6.20. The van der Waals surface area contributed by atoms with Gasteiger partial charge in [0.2, 0.25) is 0 Å². The minimum Gasteiger partial charge on any atom is -0.545 e. The molecule has 0 unspecified atom stereocenters. The molecule has 6 heteroatoms. The average molecular weight is 304 g/mol. The van der Waals surface area contributed by atoms with E-state index < -0.39 is 16.0 Å². The van der Waals surface area contributed by atoms with Gasteiger partial charge in [0.05, 0.1) is 16.6 Å². The number of aryl methyl sites for hydroxylation is 1. The van der Waals surface area contributed by atoms with Crippen molar-refractivity contribution in [3.63, 3.8) is 0 Å². The van der Waals surface area contributed by atoms with E-state index in [0.717, 1.165) is 9.87 Å². The molecule has 2 aromatic carbocycles. The molecule has 0 fully saturated rings. The number of carbonyl (C=O) groups is 1. The third-order valence-electron chi connectivity index (χ3n) is 3.14. The summed E-state index contributed by atoms with van der Waals surface area (Å²) in [4.78, 5) is 11.2. The van der Waals surface area contributed by atoms with E-state index in [-0.39, 0.29) is 16.1 Å². The van der Waals surface area contributed by atoms with Crippen molar-refractivity contribution in [2.45, 2.75) is 11.8 Å². The lowest BCUT2D eigenvalue weighted by atomic mass is 10.2. The van der Waals surface area contributed by atoms with Gasteiger partial charge in [-0.05, 0) is 25.1 Å². The minimum atomic E-state index is -3.82. The fourth-order valence-corrected chi connectivity index (χ4v) is 3.13. The number of carboxylic acid groups (broad SMARTS) is 1. The maximum absolute atomic E-state index is 12.5. The Morgan fingerprint density at radius 3 is 2.19 bits per heavy atom. The quantitative estimate of drug-likeness (QED) is 0.850. The molecule has 0 bridgehead atoms. The minimum absolute atomic E-state index is 0.0677. The van der Waals surface area contributed by atoms with Gasteiger partial charge in [0.15, 0.2) is 0 Å². The zero-order valence-electron chi connectivity index (χ0n) is 11.6. The van der Waals surface area contributed by atoms with E-state index in [1.165, 1.54) is 37.4 Å². The second kappa shape index (κ2) is 5.57. The number of carboxylic acids is 1. The largest absolute Gasteiger partial charge is 0.545 e. The van der Waals surface area contributed by atoms with Gasteiger partial charge in [-0.2, -0.15) is 0 Å². The number of rotatable bonds is 4. The molecule has 21 heavy (non-hydrogen) atoms. The zero-order valence-corrected chi connectivity index (χ0v) is 12.4. The Bertz CT molecular complexity index is 767. The van der Waals surface area contributed by atoms with Crippen LogP contribution in [0.3, 0.4) is 0 Å². The first-order chi connectivity index (χ1) is 9.84. The molecule has 5 nitrogen and oxygen atoms in total. The number of hydrogen-bond donors (Lipinski definition) is 0. The molecule has 0 amide bonds. The van der Waals surface area contributed by atoms with Crippen LogP contribution in [0.25, 0.3) is 0 Å². The van der Waals surface area contributed by atoms with Crippen molar-refractivity contribution < 1.29 is 18.3 Å². The van der Waals surface area contributed by atoms with Gasteiger partial charge in [-0.3, -0.25) is 4.31 Å². The molecule has 0 aromatic heterocycles. The summed E-state index contributed by atoms with van der Waals surface area (Å²) in [5.74, 6) is -1.42. The summed E-state index contributed by atoms with van der Waals surface area (Å²) in [6, 6.07) is 12.2. The molecule has 0 aliphatic heterocycles.